The van der Waals surface area contributed by atoms with Crippen LogP contribution in [0.15, 0.2) is 22.7 Å². The van der Waals surface area contributed by atoms with Gasteiger partial charge in [0.2, 0.25) is 5.91 Å². The summed E-state index contributed by atoms with van der Waals surface area (Å²) < 4.78 is 6.29. The molecule has 0 bridgehead atoms. The first-order valence-corrected chi connectivity index (χ1v) is 7.70. The number of likely N-dealkylation sites (tertiary alicyclic amines) is 1. The Bertz CT molecular complexity index is 485. The molecule has 0 spiro atoms. The van der Waals surface area contributed by atoms with E-state index in [2.05, 4.69) is 21.2 Å². The Labute approximate surface area is 140 Å². The van der Waals surface area contributed by atoms with Gasteiger partial charge in [0.1, 0.15) is 5.75 Å². The number of carbonyl (C=O) groups excluding carboxylic acids is 1. The van der Waals surface area contributed by atoms with E-state index in [9.17, 15) is 4.79 Å². The Kier molecular flexibility index (Phi) is 7.49. The molecule has 1 aliphatic heterocycles. The molecule has 1 heterocycles. The summed E-state index contributed by atoms with van der Waals surface area (Å²) in [4.78, 5) is 14.4. The minimum absolute atomic E-state index is 0. The second kappa shape index (κ2) is 8.61. The predicted molar refractivity (Wildman–Crippen MR) is 90.3 cm³/mol. The van der Waals surface area contributed by atoms with Crippen LogP contribution in [0.25, 0.3) is 0 Å². The third-order valence-corrected chi connectivity index (χ3v) is 4.26. The summed E-state index contributed by atoms with van der Waals surface area (Å²) in [5, 5.41) is 3.26. The number of hydrogen-bond acceptors (Lipinski definition) is 3. The fraction of sp³-hybridized carbons (Fsp3) is 0.533. The average Bonchev–Trinajstić information content (AvgIpc) is 2.47. The number of piperidine rings is 1. The lowest BCUT2D eigenvalue weighted by Gasteiger charge is -2.32. The summed E-state index contributed by atoms with van der Waals surface area (Å²) in [7, 11) is 3.59. The highest BCUT2D eigenvalue weighted by atomic mass is 79.9. The Morgan fingerprint density at radius 3 is 2.95 bits per heavy atom. The van der Waals surface area contributed by atoms with Crippen molar-refractivity contribution in [3.63, 3.8) is 0 Å². The van der Waals surface area contributed by atoms with Crippen LogP contribution >= 0.6 is 28.3 Å². The lowest BCUT2D eigenvalue weighted by molar-refractivity contribution is -0.131. The highest BCUT2D eigenvalue weighted by Crippen LogP contribution is 2.24. The molecule has 2 rings (SSSR count). The van der Waals surface area contributed by atoms with Gasteiger partial charge in [-0.2, -0.15) is 0 Å². The number of rotatable bonds is 4. The summed E-state index contributed by atoms with van der Waals surface area (Å²) in [6.07, 6.45) is 2.59. The quantitative estimate of drug-likeness (QED) is 0.877. The highest BCUT2D eigenvalue weighted by molar-refractivity contribution is 9.10. The van der Waals surface area contributed by atoms with Crippen LogP contribution in [0.3, 0.4) is 0 Å². The van der Waals surface area contributed by atoms with Crippen molar-refractivity contribution in [3.8, 4) is 5.75 Å². The first kappa shape index (κ1) is 18.3. The van der Waals surface area contributed by atoms with Crippen molar-refractivity contribution in [1.29, 1.82) is 0 Å². The molecular formula is C15H22BrClN2O2. The Morgan fingerprint density at radius 2 is 2.29 bits per heavy atom. The van der Waals surface area contributed by atoms with E-state index < -0.39 is 0 Å². The summed E-state index contributed by atoms with van der Waals surface area (Å²) >= 11 is 3.44. The number of amides is 1. The maximum Gasteiger partial charge on any atom is 0.227 e. The minimum atomic E-state index is 0. The maximum atomic E-state index is 12.4. The summed E-state index contributed by atoms with van der Waals surface area (Å²) in [6, 6.07) is 6.18. The Balaban J connectivity index is 0.00000220. The van der Waals surface area contributed by atoms with Gasteiger partial charge in [-0.1, -0.05) is 15.9 Å². The van der Waals surface area contributed by atoms with E-state index in [4.69, 9.17) is 4.74 Å². The van der Waals surface area contributed by atoms with E-state index in [1.165, 1.54) is 0 Å². The molecule has 0 aliphatic carbocycles. The number of ether oxygens (including phenoxy) is 1. The second-order valence-corrected chi connectivity index (χ2v) is 6.02. The fourth-order valence-corrected chi connectivity index (χ4v) is 3.01. The van der Waals surface area contributed by atoms with Crippen LogP contribution in [0.5, 0.6) is 5.75 Å². The molecule has 1 aromatic carbocycles. The molecule has 0 aromatic heterocycles. The van der Waals surface area contributed by atoms with Gasteiger partial charge in [-0.3, -0.25) is 4.79 Å². The van der Waals surface area contributed by atoms with Gasteiger partial charge in [-0.25, -0.2) is 0 Å². The lowest BCUT2D eigenvalue weighted by Crippen LogP contribution is -2.47. The zero-order valence-corrected chi connectivity index (χ0v) is 14.8. The predicted octanol–water partition coefficient (Wildman–Crippen LogP) is 2.63. The van der Waals surface area contributed by atoms with Crippen LogP contribution in [0.2, 0.25) is 0 Å². The number of hydrogen-bond donors (Lipinski definition) is 1. The summed E-state index contributed by atoms with van der Waals surface area (Å²) in [6.45, 7) is 1.65. The molecule has 1 atom stereocenters. The molecule has 1 saturated heterocycles. The molecule has 1 fully saturated rings. The number of halogens is 2. The van der Waals surface area contributed by atoms with E-state index in [1.807, 2.05) is 30.1 Å². The van der Waals surface area contributed by atoms with E-state index in [1.54, 1.807) is 7.11 Å². The zero-order chi connectivity index (χ0) is 14.5. The second-order valence-electron chi connectivity index (χ2n) is 5.10. The molecule has 0 saturated carbocycles. The number of likely N-dealkylation sites (N-methyl/N-ethyl adjacent to an activating group) is 1. The highest BCUT2D eigenvalue weighted by Gasteiger charge is 2.23. The molecule has 118 valence electrons. The van der Waals surface area contributed by atoms with Gasteiger partial charge in [0.05, 0.1) is 13.5 Å². The van der Waals surface area contributed by atoms with Gasteiger partial charge >= 0.3 is 0 Å². The molecule has 1 aliphatic rings. The molecule has 1 amide bonds. The van der Waals surface area contributed by atoms with Crippen LogP contribution in [0.1, 0.15) is 18.4 Å². The van der Waals surface area contributed by atoms with Crippen molar-refractivity contribution < 1.29 is 9.53 Å². The van der Waals surface area contributed by atoms with Gasteiger partial charge < -0.3 is 15.0 Å². The largest absolute Gasteiger partial charge is 0.496 e. The molecule has 4 nitrogen and oxygen atoms in total. The number of nitrogens with one attached hydrogen (secondary N) is 1. The normalized spacial score (nSPS) is 18.0. The van der Waals surface area contributed by atoms with E-state index >= 15 is 0 Å². The number of carbonyl (C=O) groups is 1. The van der Waals surface area contributed by atoms with Gasteiger partial charge in [0.25, 0.3) is 0 Å². The SMILES string of the molecule is CNC1CCCN(C(=O)Cc2cc(Br)ccc2OC)C1.Cl. The molecule has 0 radical (unpaired) electrons. The summed E-state index contributed by atoms with van der Waals surface area (Å²) in [5.41, 5.74) is 0.929. The zero-order valence-electron chi connectivity index (χ0n) is 12.4. The third-order valence-electron chi connectivity index (χ3n) is 3.77. The topological polar surface area (TPSA) is 41.6 Å². The number of nitrogens with zero attached hydrogens (tertiary/aromatic N) is 1. The van der Waals surface area contributed by atoms with Gasteiger partial charge in [0, 0.05) is 29.2 Å². The van der Waals surface area contributed by atoms with Crippen LogP contribution in [0, 0.1) is 0 Å². The van der Waals surface area contributed by atoms with Crippen molar-refractivity contribution in [1.82, 2.24) is 10.2 Å². The van der Waals surface area contributed by atoms with Crippen molar-refractivity contribution >= 4 is 34.2 Å². The van der Waals surface area contributed by atoms with Gasteiger partial charge in [-0.05, 0) is 38.1 Å². The molecule has 1 aromatic rings. The third kappa shape index (κ3) is 4.87. The number of benzene rings is 1. The van der Waals surface area contributed by atoms with Crippen LogP contribution in [-0.4, -0.2) is 44.1 Å². The Hall–Kier alpha value is -0.780. The van der Waals surface area contributed by atoms with E-state index in [0.717, 1.165) is 41.7 Å². The van der Waals surface area contributed by atoms with Crippen LogP contribution in [0.4, 0.5) is 0 Å². The first-order valence-electron chi connectivity index (χ1n) is 6.91. The molecule has 1 unspecified atom stereocenters. The average molecular weight is 378 g/mol. The van der Waals surface area contributed by atoms with Crippen LogP contribution in [-0.2, 0) is 11.2 Å². The minimum Gasteiger partial charge on any atom is -0.496 e. The van der Waals surface area contributed by atoms with Crippen molar-refractivity contribution in [2.45, 2.75) is 25.3 Å². The number of methoxy groups -OCH3 is 1. The first-order chi connectivity index (χ1) is 9.63. The van der Waals surface area contributed by atoms with Crippen molar-refractivity contribution in [3.05, 3.63) is 28.2 Å². The lowest BCUT2D eigenvalue weighted by atomic mass is 10.0. The molecule has 6 heteroatoms. The molecular weight excluding hydrogens is 356 g/mol. The fourth-order valence-electron chi connectivity index (χ4n) is 2.60. The molecule has 1 N–H and O–H groups in total. The Morgan fingerprint density at radius 1 is 1.52 bits per heavy atom. The van der Waals surface area contributed by atoms with E-state index in [0.29, 0.717) is 12.5 Å². The molecule has 21 heavy (non-hydrogen) atoms. The van der Waals surface area contributed by atoms with Gasteiger partial charge in [0.15, 0.2) is 0 Å². The van der Waals surface area contributed by atoms with Crippen molar-refractivity contribution in [2.24, 2.45) is 0 Å². The van der Waals surface area contributed by atoms with Gasteiger partial charge in [-0.15, -0.1) is 12.4 Å². The standard InChI is InChI=1S/C15H21BrN2O2.ClH/c1-17-13-4-3-7-18(10-13)15(19)9-11-8-12(16)5-6-14(11)20-2;/h5-6,8,13,17H,3-4,7,9-10H2,1-2H3;1H. The van der Waals surface area contributed by atoms with E-state index in [-0.39, 0.29) is 18.3 Å². The monoisotopic (exact) mass is 376 g/mol. The smallest absolute Gasteiger partial charge is 0.227 e. The summed E-state index contributed by atoms with van der Waals surface area (Å²) in [5.74, 6) is 0.935. The van der Waals surface area contributed by atoms with Crippen molar-refractivity contribution in [2.75, 3.05) is 27.2 Å². The van der Waals surface area contributed by atoms with Crippen LogP contribution < -0.4 is 10.1 Å². The maximum absolute atomic E-state index is 12.4.